The summed E-state index contributed by atoms with van der Waals surface area (Å²) in [6.07, 6.45) is 3.90. The van der Waals surface area contributed by atoms with Crippen LogP contribution in [0.5, 0.6) is 0 Å². The molecule has 0 atom stereocenters. The van der Waals surface area contributed by atoms with Gasteiger partial charge >= 0.3 is 0 Å². The van der Waals surface area contributed by atoms with Gasteiger partial charge in [0.05, 0.1) is 5.02 Å². The summed E-state index contributed by atoms with van der Waals surface area (Å²) in [4.78, 5) is 10.7. The average Bonchev–Trinajstić information content (AvgIpc) is 2.18. The number of hydrogen-bond donors (Lipinski definition) is 0. The van der Waals surface area contributed by atoms with Gasteiger partial charge in [-0.15, -0.1) is 0 Å². The van der Waals surface area contributed by atoms with Crippen molar-refractivity contribution in [3.8, 4) is 0 Å². The first-order valence-electron chi connectivity index (χ1n) is 4.34. The van der Waals surface area contributed by atoms with Crippen LogP contribution in [0.1, 0.15) is 12.5 Å². The molecule has 15 heavy (non-hydrogen) atoms. The summed E-state index contributed by atoms with van der Waals surface area (Å²) in [6, 6.07) is 5.74. The van der Waals surface area contributed by atoms with Crippen molar-refractivity contribution < 1.29 is 4.79 Å². The van der Waals surface area contributed by atoms with Gasteiger partial charge in [-0.05, 0) is 33.6 Å². The van der Waals surface area contributed by atoms with E-state index in [1.165, 1.54) is 11.8 Å². The van der Waals surface area contributed by atoms with E-state index in [1.807, 2.05) is 30.4 Å². The van der Waals surface area contributed by atoms with Gasteiger partial charge in [0.25, 0.3) is 0 Å². The lowest BCUT2D eigenvalue weighted by Crippen LogP contribution is -1.81. The molecule has 0 saturated heterocycles. The lowest BCUT2D eigenvalue weighted by Gasteiger charge is -1.97. The molecule has 0 aliphatic carbocycles. The quantitative estimate of drug-likeness (QED) is 0.823. The first-order chi connectivity index (χ1) is 7.09. The molecule has 0 fully saturated rings. The molecule has 1 nitrogen and oxygen atoms in total. The van der Waals surface area contributed by atoms with E-state index in [4.69, 9.17) is 11.6 Å². The van der Waals surface area contributed by atoms with Gasteiger partial charge in [0, 0.05) is 17.1 Å². The molecule has 0 heterocycles. The van der Waals surface area contributed by atoms with Gasteiger partial charge in [-0.25, -0.2) is 0 Å². The van der Waals surface area contributed by atoms with Crippen LogP contribution in [-0.2, 0) is 4.79 Å². The maximum Gasteiger partial charge on any atom is 0.186 e. The second-order valence-electron chi connectivity index (χ2n) is 2.88. The standard InChI is InChI=1S/C11H10BrClOS/c1-8(14)15-6-2-3-9-4-5-10(12)11(13)7-9/h2-5,7H,6H2,1H3. The fraction of sp³-hybridized carbons (Fsp3) is 0.182. The first kappa shape index (κ1) is 12.8. The van der Waals surface area contributed by atoms with Crippen LogP contribution in [0.3, 0.4) is 0 Å². The number of benzene rings is 1. The largest absolute Gasteiger partial charge is 0.288 e. The van der Waals surface area contributed by atoms with Crippen molar-refractivity contribution in [2.75, 3.05) is 5.75 Å². The van der Waals surface area contributed by atoms with Crippen LogP contribution in [-0.4, -0.2) is 10.9 Å². The number of carbonyl (C=O) groups is 1. The van der Waals surface area contributed by atoms with Gasteiger partial charge in [0.1, 0.15) is 0 Å². The van der Waals surface area contributed by atoms with E-state index in [0.717, 1.165) is 10.0 Å². The number of rotatable bonds is 3. The van der Waals surface area contributed by atoms with Crippen molar-refractivity contribution in [3.63, 3.8) is 0 Å². The Morgan fingerprint density at radius 3 is 2.93 bits per heavy atom. The van der Waals surface area contributed by atoms with Crippen molar-refractivity contribution in [2.24, 2.45) is 0 Å². The van der Waals surface area contributed by atoms with Crippen LogP contribution >= 0.6 is 39.3 Å². The Balaban J connectivity index is 2.57. The Morgan fingerprint density at radius 2 is 2.33 bits per heavy atom. The third-order valence-electron chi connectivity index (χ3n) is 1.64. The van der Waals surface area contributed by atoms with E-state index in [9.17, 15) is 4.79 Å². The molecule has 0 aliphatic rings. The number of hydrogen-bond acceptors (Lipinski definition) is 2. The molecule has 1 aromatic rings. The highest BCUT2D eigenvalue weighted by Gasteiger charge is 1.96. The molecule has 0 unspecified atom stereocenters. The molecule has 80 valence electrons. The molecule has 0 saturated carbocycles. The van der Waals surface area contributed by atoms with Crippen molar-refractivity contribution >= 4 is 50.5 Å². The molecule has 0 N–H and O–H groups in total. The van der Waals surface area contributed by atoms with Gasteiger partial charge in [-0.1, -0.05) is 41.6 Å². The first-order valence-corrected chi connectivity index (χ1v) is 6.50. The van der Waals surface area contributed by atoms with Crippen LogP contribution in [0.2, 0.25) is 5.02 Å². The van der Waals surface area contributed by atoms with Gasteiger partial charge in [-0.3, -0.25) is 4.79 Å². The van der Waals surface area contributed by atoms with Crippen LogP contribution in [0.25, 0.3) is 6.08 Å². The Kier molecular flexibility index (Phi) is 5.43. The molecule has 0 aliphatic heterocycles. The second-order valence-corrected chi connectivity index (χ2v) is 5.34. The van der Waals surface area contributed by atoms with E-state index in [1.54, 1.807) is 6.92 Å². The molecule has 0 aromatic heterocycles. The predicted molar refractivity (Wildman–Crippen MR) is 71.3 cm³/mol. The molecule has 1 rings (SSSR count). The highest BCUT2D eigenvalue weighted by Crippen LogP contribution is 2.23. The summed E-state index contributed by atoms with van der Waals surface area (Å²) in [5, 5.41) is 0.824. The number of thioether (sulfide) groups is 1. The Hall–Kier alpha value is -0.250. The van der Waals surface area contributed by atoms with Gasteiger partial charge in [0.2, 0.25) is 0 Å². The van der Waals surface area contributed by atoms with Gasteiger partial charge in [0.15, 0.2) is 5.12 Å². The van der Waals surface area contributed by atoms with Crippen LogP contribution < -0.4 is 0 Å². The minimum absolute atomic E-state index is 0.133. The zero-order valence-electron chi connectivity index (χ0n) is 8.17. The third kappa shape index (κ3) is 4.87. The molecule has 0 bridgehead atoms. The fourth-order valence-electron chi connectivity index (χ4n) is 0.966. The molecule has 1 aromatic carbocycles. The van der Waals surface area contributed by atoms with E-state index in [-0.39, 0.29) is 5.12 Å². The van der Waals surface area contributed by atoms with E-state index < -0.39 is 0 Å². The summed E-state index contributed by atoms with van der Waals surface area (Å²) >= 11 is 10.6. The summed E-state index contributed by atoms with van der Waals surface area (Å²) in [5.41, 5.74) is 1.03. The fourth-order valence-corrected chi connectivity index (χ4v) is 1.83. The summed E-state index contributed by atoms with van der Waals surface area (Å²) in [5.74, 6) is 0.697. The van der Waals surface area contributed by atoms with Gasteiger partial charge < -0.3 is 0 Å². The minimum Gasteiger partial charge on any atom is -0.288 e. The second kappa shape index (κ2) is 6.36. The SMILES string of the molecule is CC(=O)SCC=Cc1ccc(Br)c(Cl)c1. The molecule has 0 amide bonds. The molecule has 4 heteroatoms. The number of carbonyl (C=O) groups excluding carboxylic acids is 1. The molecular weight excluding hydrogens is 296 g/mol. The van der Waals surface area contributed by atoms with Crippen LogP contribution in [0, 0.1) is 0 Å². The zero-order chi connectivity index (χ0) is 11.3. The lowest BCUT2D eigenvalue weighted by molar-refractivity contribution is -0.109. The third-order valence-corrected chi connectivity index (χ3v) is 3.63. The molecule has 0 spiro atoms. The van der Waals surface area contributed by atoms with Crippen LogP contribution in [0.15, 0.2) is 28.7 Å². The van der Waals surface area contributed by atoms with E-state index in [0.29, 0.717) is 10.8 Å². The van der Waals surface area contributed by atoms with Crippen molar-refractivity contribution in [1.82, 2.24) is 0 Å². The smallest absolute Gasteiger partial charge is 0.186 e. The summed E-state index contributed by atoms with van der Waals surface area (Å²) < 4.78 is 0.888. The topological polar surface area (TPSA) is 17.1 Å². The van der Waals surface area contributed by atoms with Crippen molar-refractivity contribution in [3.05, 3.63) is 39.3 Å². The van der Waals surface area contributed by atoms with E-state index in [2.05, 4.69) is 15.9 Å². The highest BCUT2D eigenvalue weighted by molar-refractivity contribution is 9.10. The average molecular weight is 306 g/mol. The summed E-state index contributed by atoms with van der Waals surface area (Å²) in [6.45, 7) is 1.56. The number of halogens is 2. The predicted octanol–water partition coefficient (Wildman–Crippen LogP) is 4.40. The Labute approximate surface area is 107 Å². The minimum atomic E-state index is 0.133. The van der Waals surface area contributed by atoms with Crippen LogP contribution in [0.4, 0.5) is 0 Å². The monoisotopic (exact) mass is 304 g/mol. The molecule has 0 radical (unpaired) electrons. The summed E-state index contributed by atoms with van der Waals surface area (Å²) in [7, 11) is 0. The molecular formula is C11H10BrClOS. The lowest BCUT2D eigenvalue weighted by atomic mass is 10.2. The van der Waals surface area contributed by atoms with Crippen molar-refractivity contribution in [1.29, 1.82) is 0 Å². The highest BCUT2D eigenvalue weighted by atomic mass is 79.9. The Morgan fingerprint density at radius 1 is 1.60 bits per heavy atom. The maximum atomic E-state index is 10.7. The van der Waals surface area contributed by atoms with Crippen molar-refractivity contribution in [2.45, 2.75) is 6.92 Å². The van der Waals surface area contributed by atoms with Gasteiger partial charge in [-0.2, -0.15) is 0 Å². The Bertz CT molecular complexity index is 390. The van der Waals surface area contributed by atoms with E-state index >= 15 is 0 Å². The maximum absolute atomic E-state index is 10.7. The normalized spacial score (nSPS) is 10.9. The zero-order valence-corrected chi connectivity index (χ0v) is 11.3.